The van der Waals surface area contributed by atoms with Gasteiger partial charge in [0.25, 0.3) is 0 Å². The zero-order valence-corrected chi connectivity index (χ0v) is 13.1. The van der Waals surface area contributed by atoms with Crippen LogP contribution in [0.4, 0.5) is 0 Å². The molecule has 2 fully saturated rings. The van der Waals surface area contributed by atoms with Crippen LogP contribution in [0.1, 0.15) is 17.8 Å². The molecule has 5 nitrogen and oxygen atoms in total. The van der Waals surface area contributed by atoms with Gasteiger partial charge in [-0.3, -0.25) is 9.88 Å². The monoisotopic (exact) mass is 317 g/mol. The minimum atomic E-state index is 0.119. The van der Waals surface area contributed by atoms with E-state index in [9.17, 15) is 0 Å². The van der Waals surface area contributed by atoms with Gasteiger partial charge in [-0.25, -0.2) is 4.98 Å². The quantitative estimate of drug-likeness (QED) is 0.866. The van der Waals surface area contributed by atoms with Gasteiger partial charge in [-0.1, -0.05) is 0 Å². The first-order chi connectivity index (χ1) is 10.9. The van der Waals surface area contributed by atoms with Crippen molar-refractivity contribution in [3.63, 3.8) is 0 Å². The van der Waals surface area contributed by atoms with Crippen LogP contribution in [0.25, 0.3) is 0 Å². The summed E-state index contributed by atoms with van der Waals surface area (Å²) in [5, 5.41) is 3.22. The largest absolute Gasteiger partial charge is 0.486 e. The normalized spacial score (nSPS) is 28.5. The van der Waals surface area contributed by atoms with Gasteiger partial charge in [-0.2, -0.15) is 0 Å². The number of aromatic nitrogens is 2. The molecule has 0 N–H and O–H groups in total. The lowest BCUT2D eigenvalue weighted by atomic mass is 10.1. The Labute approximate surface area is 133 Å². The van der Waals surface area contributed by atoms with Crippen LogP contribution in [-0.2, 0) is 11.3 Å². The Morgan fingerprint density at radius 2 is 2.36 bits per heavy atom. The van der Waals surface area contributed by atoms with Crippen molar-refractivity contribution in [1.29, 1.82) is 0 Å². The first-order valence-electron chi connectivity index (χ1n) is 7.71. The van der Waals surface area contributed by atoms with Crippen molar-refractivity contribution in [2.45, 2.75) is 37.6 Å². The van der Waals surface area contributed by atoms with Crippen molar-refractivity contribution in [3.8, 4) is 5.75 Å². The summed E-state index contributed by atoms with van der Waals surface area (Å²) in [6, 6.07) is 4.29. The standard InChI is InChI=1S/C16H19N3O2S/c1-2-12(10-17-5-1)21-14-4-3-13-16(14)20-8-7-19(13)11-15-18-6-9-22-15/h1-2,5-6,9-10,13-14,16H,3-4,7-8,11H2/t13-,14-,16+/m1/s1. The van der Waals surface area contributed by atoms with Gasteiger partial charge in [0, 0.05) is 30.4 Å². The highest BCUT2D eigenvalue weighted by molar-refractivity contribution is 7.09. The van der Waals surface area contributed by atoms with Crippen LogP contribution >= 0.6 is 11.3 Å². The third-order valence-electron chi connectivity index (χ3n) is 4.39. The number of thiazole rings is 1. The Bertz CT molecular complexity index is 593. The van der Waals surface area contributed by atoms with E-state index in [0.717, 1.165) is 38.3 Å². The molecule has 2 aromatic rings. The van der Waals surface area contributed by atoms with E-state index in [1.54, 1.807) is 23.7 Å². The highest BCUT2D eigenvalue weighted by Gasteiger charge is 2.44. The summed E-state index contributed by atoms with van der Waals surface area (Å²) >= 11 is 1.72. The Hall–Kier alpha value is -1.50. The smallest absolute Gasteiger partial charge is 0.138 e. The SMILES string of the molecule is c1cncc(O[C@@H]2CC[C@@H]3[C@@H]2OCCN3Cc2nccs2)c1. The third kappa shape index (κ3) is 2.86. The fourth-order valence-corrected chi connectivity index (χ4v) is 4.05. The fraction of sp³-hybridized carbons (Fsp3) is 0.500. The maximum absolute atomic E-state index is 6.10. The van der Waals surface area contributed by atoms with Crippen molar-refractivity contribution in [1.82, 2.24) is 14.9 Å². The summed E-state index contributed by atoms with van der Waals surface area (Å²) in [6.07, 6.45) is 7.81. The van der Waals surface area contributed by atoms with Crippen molar-refractivity contribution in [2.24, 2.45) is 0 Å². The van der Waals surface area contributed by atoms with Gasteiger partial charge < -0.3 is 9.47 Å². The molecule has 1 aliphatic carbocycles. The second-order valence-corrected chi connectivity index (χ2v) is 6.70. The van der Waals surface area contributed by atoms with E-state index < -0.39 is 0 Å². The Kier molecular flexibility index (Phi) is 4.05. The average Bonchev–Trinajstić information content (AvgIpc) is 3.19. The molecule has 2 aliphatic rings. The van der Waals surface area contributed by atoms with Gasteiger partial charge >= 0.3 is 0 Å². The van der Waals surface area contributed by atoms with Crippen molar-refractivity contribution in [3.05, 3.63) is 41.1 Å². The molecule has 0 amide bonds. The zero-order valence-electron chi connectivity index (χ0n) is 12.3. The minimum absolute atomic E-state index is 0.119. The summed E-state index contributed by atoms with van der Waals surface area (Å²) in [5.74, 6) is 0.828. The van der Waals surface area contributed by atoms with Crippen molar-refractivity contribution < 1.29 is 9.47 Å². The number of rotatable bonds is 4. The molecular formula is C16H19N3O2S. The van der Waals surface area contributed by atoms with Crippen LogP contribution in [0.3, 0.4) is 0 Å². The van der Waals surface area contributed by atoms with Crippen LogP contribution in [0.2, 0.25) is 0 Å². The molecule has 0 spiro atoms. The molecule has 0 aromatic carbocycles. The Morgan fingerprint density at radius 1 is 1.36 bits per heavy atom. The number of fused-ring (bicyclic) bond motifs is 1. The first-order valence-corrected chi connectivity index (χ1v) is 8.59. The van der Waals surface area contributed by atoms with E-state index in [0.29, 0.717) is 6.04 Å². The number of hydrogen-bond donors (Lipinski definition) is 0. The van der Waals surface area contributed by atoms with Gasteiger partial charge in [0.15, 0.2) is 0 Å². The molecule has 2 aromatic heterocycles. The fourth-order valence-electron chi connectivity index (χ4n) is 3.41. The van der Waals surface area contributed by atoms with Gasteiger partial charge in [-0.15, -0.1) is 11.3 Å². The molecule has 4 rings (SSSR count). The molecule has 0 bridgehead atoms. The van der Waals surface area contributed by atoms with E-state index in [-0.39, 0.29) is 12.2 Å². The second kappa shape index (κ2) is 6.32. The molecule has 0 radical (unpaired) electrons. The number of pyridine rings is 1. The van der Waals surface area contributed by atoms with Crippen LogP contribution in [0, 0.1) is 0 Å². The molecule has 3 heterocycles. The van der Waals surface area contributed by atoms with Crippen LogP contribution in [0.15, 0.2) is 36.1 Å². The van der Waals surface area contributed by atoms with Crippen LogP contribution in [-0.4, -0.2) is 46.3 Å². The van der Waals surface area contributed by atoms with E-state index in [1.165, 1.54) is 5.01 Å². The molecule has 1 saturated heterocycles. The summed E-state index contributed by atoms with van der Waals surface area (Å²) in [5.41, 5.74) is 0. The zero-order chi connectivity index (χ0) is 14.8. The van der Waals surface area contributed by atoms with E-state index in [4.69, 9.17) is 9.47 Å². The number of nitrogens with zero attached hydrogens (tertiary/aromatic N) is 3. The number of ether oxygens (including phenoxy) is 2. The van der Waals surface area contributed by atoms with Gasteiger partial charge in [0.1, 0.15) is 23.0 Å². The van der Waals surface area contributed by atoms with E-state index >= 15 is 0 Å². The Morgan fingerprint density at radius 3 is 3.18 bits per heavy atom. The summed E-state index contributed by atoms with van der Waals surface area (Å²) < 4.78 is 12.1. The third-order valence-corrected chi connectivity index (χ3v) is 5.16. The lowest BCUT2D eigenvalue weighted by Crippen LogP contribution is -2.51. The summed E-state index contributed by atoms with van der Waals surface area (Å²) in [6.45, 7) is 2.65. The predicted octanol–water partition coefficient (Wildman–Crippen LogP) is 2.35. The molecule has 116 valence electrons. The van der Waals surface area contributed by atoms with Crippen molar-refractivity contribution in [2.75, 3.05) is 13.2 Å². The molecule has 22 heavy (non-hydrogen) atoms. The van der Waals surface area contributed by atoms with E-state index in [2.05, 4.69) is 14.9 Å². The second-order valence-electron chi connectivity index (χ2n) is 5.72. The lowest BCUT2D eigenvalue weighted by molar-refractivity contribution is -0.0916. The lowest BCUT2D eigenvalue weighted by Gasteiger charge is -2.38. The minimum Gasteiger partial charge on any atom is -0.486 e. The van der Waals surface area contributed by atoms with Crippen LogP contribution in [0.5, 0.6) is 5.75 Å². The van der Waals surface area contributed by atoms with Crippen LogP contribution < -0.4 is 4.74 Å². The maximum atomic E-state index is 6.10. The molecular weight excluding hydrogens is 298 g/mol. The molecule has 1 aliphatic heterocycles. The summed E-state index contributed by atoms with van der Waals surface area (Å²) in [7, 11) is 0. The maximum Gasteiger partial charge on any atom is 0.138 e. The predicted molar refractivity (Wildman–Crippen MR) is 83.9 cm³/mol. The molecule has 1 saturated carbocycles. The topological polar surface area (TPSA) is 47.5 Å². The van der Waals surface area contributed by atoms with Crippen molar-refractivity contribution >= 4 is 11.3 Å². The number of morpholine rings is 1. The summed E-state index contributed by atoms with van der Waals surface area (Å²) in [4.78, 5) is 11.0. The highest BCUT2D eigenvalue weighted by Crippen LogP contribution is 2.33. The average molecular weight is 317 g/mol. The Balaban J connectivity index is 1.44. The molecule has 0 unspecified atom stereocenters. The van der Waals surface area contributed by atoms with Gasteiger partial charge in [-0.05, 0) is 25.0 Å². The van der Waals surface area contributed by atoms with Gasteiger partial charge in [0.2, 0.25) is 0 Å². The number of hydrogen-bond acceptors (Lipinski definition) is 6. The molecule has 6 heteroatoms. The molecule has 3 atom stereocenters. The highest BCUT2D eigenvalue weighted by atomic mass is 32.1. The van der Waals surface area contributed by atoms with E-state index in [1.807, 2.05) is 23.7 Å². The van der Waals surface area contributed by atoms with Gasteiger partial charge in [0.05, 0.1) is 19.3 Å². The first kappa shape index (κ1) is 14.1.